The van der Waals surface area contributed by atoms with Crippen molar-refractivity contribution in [2.75, 3.05) is 0 Å². The van der Waals surface area contributed by atoms with Gasteiger partial charge in [-0.15, -0.1) is 0 Å². The van der Waals surface area contributed by atoms with E-state index in [4.69, 9.17) is 4.52 Å². The molecule has 1 fully saturated rings. The van der Waals surface area contributed by atoms with Gasteiger partial charge in [0.15, 0.2) is 0 Å². The zero-order valence-electron chi connectivity index (χ0n) is 16.8. The monoisotopic (exact) mass is 391 g/mol. The van der Waals surface area contributed by atoms with E-state index in [2.05, 4.69) is 32.7 Å². The number of carbonyl (C=O) groups excluding carboxylic acids is 1. The van der Waals surface area contributed by atoms with Crippen LogP contribution in [0.25, 0.3) is 11.4 Å². The SMILES string of the molecule is CCc1nc(-c2ccc3c(c2)CC[C@H]3NC(=O)c2cc(C)nn2C2CCC2)no1. The quantitative estimate of drug-likeness (QED) is 0.712. The molecule has 2 aliphatic carbocycles. The largest absolute Gasteiger partial charge is 0.344 e. The summed E-state index contributed by atoms with van der Waals surface area (Å²) in [5.74, 6) is 1.23. The first-order chi connectivity index (χ1) is 14.1. The number of nitrogens with one attached hydrogen (secondary N) is 1. The molecule has 0 aliphatic heterocycles. The maximum atomic E-state index is 13.0. The van der Waals surface area contributed by atoms with Crippen LogP contribution in [0.1, 0.15) is 77.9 Å². The summed E-state index contributed by atoms with van der Waals surface area (Å²) in [5.41, 5.74) is 4.94. The fourth-order valence-corrected chi connectivity index (χ4v) is 4.25. The number of benzene rings is 1. The van der Waals surface area contributed by atoms with Crippen molar-refractivity contribution in [1.82, 2.24) is 25.2 Å². The van der Waals surface area contributed by atoms with Gasteiger partial charge in [-0.1, -0.05) is 24.2 Å². The number of amides is 1. The number of aromatic nitrogens is 4. The Morgan fingerprint density at radius 3 is 2.86 bits per heavy atom. The third-order valence-electron chi connectivity index (χ3n) is 6.07. The van der Waals surface area contributed by atoms with Crippen molar-refractivity contribution in [3.05, 3.63) is 52.7 Å². The standard InChI is InChI=1S/C22H25N5O2/c1-3-20-24-21(26-29-20)15-7-9-17-14(12-15)8-10-18(17)23-22(28)19-11-13(2)25-27(19)16-5-4-6-16/h7,9,11-12,16,18H,3-6,8,10H2,1-2H3,(H,23,28)/t18-/m1/s1. The molecule has 150 valence electrons. The first-order valence-corrected chi connectivity index (χ1v) is 10.4. The van der Waals surface area contributed by atoms with Crippen LogP contribution in [-0.4, -0.2) is 25.8 Å². The van der Waals surface area contributed by atoms with Gasteiger partial charge in [-0.25, -0.2) is 0 Å². The van der Waals surface area contributed by atoms with Crippen LogP contribution in [0.2, 0.25) is 0 Å². The van der Waals surface area contributed by atoms with Crippen molar-refractivity contribution in [2.45, 2.75) is 64.5 Å². The average molecular weight is 391 g/mol. The van der Waals surface area contributed by atoms with E-state index in [9.17, 15) is 4.79 Å². The van der Waals surface area contributed by atoms with Crippen LogP contribution in [0.15, 0.2) is 28.8 Å². The Labute approximate surface area is 169 Å². The van der Waals surface area contributed by atoms with Crippen LogP contribution in [0.4, 0.5) is 0 Å². The fourth-order valence-electron chi connectivity index (χ4n) is 4.25. The van der Waals surface area contributed by atoms with Gasteiger partial charge in [0.05, 0.1) is 17.8 Å². The Bertz CT molecular complexity index is 1060. The molecule has 2 heterocycles. The summed E-state index contributed by atoms with van der Waals surface area (Å²) < 4.78 is 7.16. The van der Waals surface area contributed by atoms with Gasteiger partial charge in [0.25, 0.3) is 5.91 Å². The highest BCUT2D eigenvalue weighted by atomic mass is 16.5. The van der Waals surface area contributed by atoms with E-state index in [1.54, 1.807) is 0 Å². The molecular weight excluding hydrogens is 366 g/mol. The first-order valence-electron chi connectivity index (χ1n) is 10.4. The van der Waals surface area contributed by atoms with E-state index in [1.807, 2.05) is 30.7 Å². The summed E-state index contributed by atoms with van der Waals surface area (Å²) in [5, 5.41) is 11.9. The van der Waals surface area contributed by atoms with E-state index in [-0.39, 0.29) is 11.9 Å². The van der Waals surface area contributed by atoms with Gasteiger partial charge in [-0.3, -0.25) is 9.48 Å². The summed E-state index contributed by atoms with van der Waals surface area (Å²) in [6, 6.07) is 8.50. The van der Waals surface area contributed by atoms with Crippen LogP contribution < -0.4 is 5.32 Å². The Morgan fingerprint density at radius 1 is 1.28 bits per heavy atom. The first kappa shape index (κ1) is 18.1. The van der Waals surface area contributed by atoms with Gasteiger partial charge >= 0.3 is 0 Å². The molecule has 2 aliphatic rings. The van der Waals surface area contributed by atoms with E-state index in [1.165, 1.54) is 17.5 Å². The third-order valence-corrected chi connectivity index (χ3v) is 6.07. The van der Waals surface area contributed by atoms with E-state index in [0.717, 1.165) is 43.4 Å². The molecule has 1 aromatic carbocycles. The summed E-state index contributed by atoms with van der Waals surface area (Å²) in [4.78, 5) is 17.4. The molecule has 1 N–H and O–H groups in total. The molecule has 1 amide bonds. The number of aryl methyl sites for hydroxylation is 3. The lowest BCUT2D eigenvalue weighted by Crippen LogP contribution is -2.31. The predicted octanol–water partition coefficient (Wildman–Crippen LogP) is 3.95. The lowest BCUT2D eigenvalue weighted by Gasteiger charge is -2.27. The Kier molecular flexibility index (Phi) is 4.45. The molecule has 0 radical (unpaired) electrons. The Hall–Kier alpha value is -2.96. The second kappa shape index (κ2) is 7.13. The third kappa shape index (κ3) is 3.24. The van der Waals surface area contributed by atoms with Crippen molar-refractivity contribution in [2.24, 2.45) is 0 Å². The van der Waals surface area contributed by atoms with Gasteiger partial charge in [-0.2, -0.15) is 10.1 Å². The van der Waals surface area contributed by atoms with E-state index in [0.29, 0.717) is 23.5 Å². The summed E-state index contributed by atoms with van der Waals surface area (Å²) in [6.07, 6.45) is 5.96. The maximum Gasteiger partial charge on any atom is 0.270 e. The summed E-state index contributed by atoms with van der Waals surface area (Å²) >= 11 is 0. The molecule has 1 saturated carbocycles. The predicted molar refractivity (Wildman–Crippen MR) is 107 cm³/mol. The van der Waals surface area contributed by atoms with Crippen LogP contribution >= 0.6 is 0 Å². The van der Waals surface area contributed by atoms with Crippen LogP contribution in [0.5, 0.6) is 0 Å². The lowest BCUT2D eigenvalue weighted by atomic mass is 9.93. The smallest absolute Gasteiger partial charge is 0.270 e. The van der Waals surface area contributed by atoms with Crippen molar-refractivity contribution < 1.29 is 9.32 Å². The lowest BCUT2D eigenvalue weighted by molar-refractivity contribution is 0.0918. The molecule has 29 heavy (non-hydrogen) atoms. The summed E-state index contributed by atoms with van der Waals surface area (Å²) in [6.45, 7) is 3.94. The highest BCUT2D eigenvalue weighted by Crippen LogP contribution is 2.35. The van der Waals surface area contributed by atoms with Crippen molar-refractivity contribution in [1.29, 1.82) is 0 Å². The second-order valence-electron chi connectivity index (χ2n) is 8.04. The topological polar surface area (TPSA) is 85.8 Å². The Morgan fingerprint density at radius 2 is 2.14 bits per heavy atom. The van der Waals surface area contributed by atoms with Gasteiger partial charge in [-0.05, 0) is 62.3 Å². The summed E-state index contributed by atoms with van der Waals surface area (Å²) in [7, 11) is 0. The molecule has 0 saturated heterocycles. The fraction of sp³-hybridized carbons (Fsp3) is 0.455. The molecule has 0 unspecified atom stereocenters. The molecule has 0 bridgehead atoms. The number of hydrogen-bond acceptors (Lipinski definition) is 5. The normalized spacial score (nSPS) is 18.5. The minimum Gasteiger partial charge on any atom is -0.344 e. The molecular formula is C22H25N5O2. The van der Waals surface area contributed by atoms with Crippen LogP contribution in [-0.2, 0) is 12.8 Å². The zero-order valence-corrected chi connectivity index (χ0v) is 16.8. The molecule has 7 heteroatoms. The van der Waals surface area contributed by atoms with E-state index < -0.39 is 0 Å². The molecule has 2 aromatic heterocycles. The molecule has 5 rings (SSSR count). The maximum absolute atomic E-state index is 13.0. The number of hydrogen-bond donors (Lipinski definition) is 1. The van der Waals surface area contributed by atoms with Crippen molar-refractivity contribution in [3.8, 4) is 11.4 Å². The molecule has 0 spiro atoms. The van der Waals surface area contributed by atoms with E-state index >= 15 is 0 Å². The average Bonchev–Trinajstić information content (AvgIpc) is 3.39. The van der Waals surface area contributed by atoms with Gasteiger partial charge in [0, 0.05) is 12.0 Å². The highest BCUT2D eigenvalue weighted by molar-refractivity contribution is 5.93. The van der Waals surface area contributed by atoms with Gasteiger partial charge in [0.2, 0.25) is 11.7 Å². The van der Waals surface area contributed by atoms with Gasteiger partial charge < -0.3 is 9.84 Å². The van der Waals surface area contributed by atoms with Gasteiger partial charge in [0.1, 0.15) is 5.69 Å². The van der Waals surface area contributed by atoms with Crippen LogP contribution in [0, 0.1) is 6.92 Å². The van der Waals surface area contributed by atoms with Crippen LogP contribution in [0.3, 0.4) is 0 Å². The number of fused-ring (bicyclic) bond motifs is 1. The molecule has 3 aromatic rings. The minimum absolute atomic E-state index is 0.0214. The highest BCUT2D eigenvalue weighted by Gasteiger charge is 2.29. The Balaban J connectivity index is 1.35. The number of nitrogens with zero attached hydrogens (tertiary/aromatic N) is 4. The van der Waals surface area contributed by atoms with Crippen molar-refractivity contribution in [3.63, 3.8) is 0 Å². The zero-order chi connectivity index (χ0) is 20.0. The second-order valence-corrected chi connectivity index (χ2v) is 8.04. The number of carbonyl (C=O) groups is 1. The van der Waals surface area contributed by atoms with Crippen molar-refractivity contribution >= 4 is 5.91 Å². The molecule has 7 nitrogen and oxygen atoms in total. The number of rotatable bonds is 5. The molecule has 1 atom stereocenters. The minimum atomic E-state index is -0.0369.